The van der Waals surface area contributed by atoms with Gasteiger partial charge < -0.3 is 15.4 Å². The van der Waals surface area contributed by atoms with Crippen LogP contribution in [-0.4, -0.2) is 63.3 Å². The molecular weight excluding hydrogens is 218 g/mol. The Morgan fingerprint density at radius 2 is 2.12 bits per heavy atom. The first-order valence-corrected chi connectivity index (χ1v) is 6.52. The lowest BCUT2D eigenvalue weighted by Gasteiger charge is -2.26. The molecule has 100 valence electrons. The van der Waals surface area contributed by atoms with Crippen molar-refractivity contribution in [2.75, 3.05) is 52.5 Å². The zero-order valence-corrected chi connectivity index (χ0v) is 11.0. The maximum atomic E-state index is 11.7. The zero-order valence-electron chi connectivity index (χ0n) is 11.0. The molecule has 2 N–H and O–H groups in total. The molecule has 1 saturated heterocycles. The molecule has 0 radical (unpaired) electrons. The summed E-state index contributed by atoms with van der Waals surface area (Å²) < 4.78 is 5.27. The number of hydrogen-bond acceptors (Lipinski definition) is 4. The van der Waals surface area contributed by atoms with Crippen molar-refractivity contribution in [1.29, 1.82) is 0 Å². The molecule has 0 aromatic carbocycles. The maximum Gasteiger partial charge on any atom is 0.224 e. The Labute approximate surface area is 104 Å². The standard InChI is InChI=1S/C12H25N3O2/c1-3-13-10-11(2)12(16)14-4-5-15-6-8-17-9-7-15/h11,13H,3-10H2,1-2H3,(H,14,16). The summed E-state index contributed by atoms with van der Waals surface area (Å²) in [6.07, 6.45) is 0. The fraction of sp³-hybridized carbons (Fsp3) is 0.917. The molecule has 0 aromatic rings. The summed E-state index contributed by atoms with van der Waals surface area (Å²) in [5.74, 6) is 0.179. The van der Waals surface area contributed by atoms with Crippen LogP contribution in [0.1, 0.15) is 13.8 Å². The summed E-state index contributed by atoms with van der Waals surface area (Å²) in [5.41, 5.74) is 0. The predicted molar refractivity (Wildman–Crippen MR) is 68.0 cm³/mol. The zero-order chi connectivity index (χ0) is 12.5. The first-order valence-electron chi connectivity index (χ1n) is 6.52. The van der Waals surface area contributed by atoms with Gasteiger partial charge in [0.15, 0.2) is 0 Å². The number of hydrogen-bond donors (Lipinski definition) is 2. The van der Waals surface area contributed by atoms with Crippen molar-refractivity contribution in [1.82, 2.24) is 15.5 Å². The van der Waals surface area contributed by atoms with Gasteiger partial charge in [0.25, 0.3) is 0 Å². The third kappa shape index (κ3) is 6.00. The van der Waals surface area contributed by atoms with E-state index < -0.39 is 0 Å². The van der Waals surface area contributed by atoms with Crippen LogP contribution >= 0.6 is 0 Å². The van der Waals surface area contributed by atoms with Crippen LogP contribution in [0.25, 0.3) is 0 Å². The van der Waals surface area contributed by atoms with E-state index in [2.05, 4.69) is 15.5 Å². The van der Waals surface area contributed by atoms with Crippen LogP contribution in [0.4, 0.5) is 0 Å². The van der Waals surface area contributed by atoms with Crippen molar-refractivity contribution in [3.63, 3.8) is 0 Å². The summed E-state index contributed by atoms with van der Waals surface area (Å²) in [6, 6.07) is 0. The van der Waals surface area contributed by atoms with E-state index in [0.29, 0.717) is 0 Å². The van der Waals surface area contributed by atoms with E-state index >= 15 is 0 Å². The topological polar surface area (TPSA) is 53.6 Å². The largest absolute Gasteiger partial charge is 0.379 e. The number of carbonyl (C=O) groups excluding carboxylic acids is 1. The summed E-state index contributed by atoms with van der Waals surface area (Å²) in [5, 5.41) is 6.16. The Morgan fingerprint density at radius 3 is 2.76 bits per heavy atom. The van der Waals surface area contributed by atoms with Crippen molar-refractivity contribution in [3.8, 4) is 0 Å². The molecule has 17 heavy (non-hydrogen) atoms. The molecule has 1 rings (SSSR count). The predicted octanol–water partition coefficient (Wildman–Crippen LogP) is -0.320. The van der Waals surface area contributed by atoms with E-state index in [1.165, 1.54) is 0 Å². The second kappa shape index (κ2) is 8.44. The van der Waals surface area contributed by atoms with Gasteiger partial charge >= 0.3 is 0 Å². The molecule has 0 aromatic heterocycles. The lowest BCUT2D eigenvalue weighted by molar-refractivity contribution is -0.124. The fourth-order valence-corrected chi connectivity index (χ4v) is 1.79. The van der Waals surface area contributed by atoms with Gasteiger partial charge in [-0.3, -0.25) is 9.69 Å². The van der Waals surface area contributed by atoms with Crippen molar-refractivity contribution >= 4 is 5.91 Å². The number of nitrogens with one attached hydrogen (secondary N) is 2. The van der Waals surface area contributed by atoms with Crippen LogP contribution in [0, 0.1) is 5.92 Å². The van der Waals surface area contributed by atoms with E-state index in [4.69, 9.17) is 4.74 Å². The molecule has 1 atom stereocenters. The highest BCUT2D eigenvalue weighted by atomic mass is 16.5. The lowest BCUT2D eigenvalue weighted by atomic mass is 10.1. The fourth-order valence-electron chi connectivity index (χ4n) is 1.79. The first kappa shape index (κ1) is 14.4. The van der Waals surface area contributed by atoms with Crippen LogP contribution in [-0.2, 0) is 9.53 Å². The van der Waals surface area contributed by atoms with E-state index in [-0.39, 0.29) is 11.8 Å². The third-order valence-corrected chi connectivity index (χ3v) is 2.98. The minimum absolute atomic E-state index is 0.0413. The molecule has 5 heteroatoms. The first-order chi connectivity index (χ1) is 8.24. The molecule has 1 amide bonds. The number of carbonyl (C=O) groups is 1. The highest BCUT2D eigenvalue weighted by Gasteiger charge is 2.13. The smallest absolute Gasteiger partial charge is 0.224 e. The molecule has 0 spiro atoms. The maximum absolute atomic E-state index is 11.7. The van der Waals surface area contributed by atoms with Gasteiger partial charge in [-0.25, -0.2) is 0 Å². The molecule has 1 unspecified atom stereocenters. The molecule has 0 bridgehead atoms. The minimum atomic E-state index is 0.0413. The summed E-state index contributed by atoms with van der Waals surface area (Å²) in [6.45, 7) is 10.9. The highest BCUT2D eigenvalue weighted by Crippen LogP contribution is 1.96. The van der Waals surface area contributed by atoms with Crippen molar-refractivity contribution in [2.45, 2.75) is 13.8 Å². The van der Waals surface area contributed by atoms with Crippen LogP contribution in [0.3, 0.4) is 0 Å². The summed E-state index contributed by atoms with van der Waals surface area (Å²) in [4.78, 5) is 14.0. The van der Waals surface area contributed by atoms with Crippen LogP contribution in [0.5, 0.6) is 0 Å². The highest BCUT2D eigenvalue weighted by molar-refractivity contribution is 5.78. The Hall–Kier alpha value is -0.650. The SMILES string of the molecule is CCNCC(C)C(=O)NCCN1CCOCC1. The van der Waals surface area contributed by atoms with Gasteiger partial charge in [0.2, 0.25) is 5.91 Å². The normalized spacial score (nSPS) is 18.9. The Kier molecular flexibility index (Phi) is 7.16. The molecule has 1 heterocycles. The van der Waals surface area contributed by atoms with E-state index in [9.17, 15) is 4.79 Å². The van der Waals surface area contributed by atoms with Crippen molar-refractivity contribution in [3.05, 3.63) is 0 Å². The number of nitrogens with zero attached hydrogens (tertiary/aromatic N) is 1. The van der Waals surface area contributed by atoms with Gasteiger partial charge in [0.1, 0.15) is 0 Å². The summed E-state index contributed by atoms with van der Waals surface area (Å²) >= 11 is 0. The number of ether oxygens (including phenoxy) is 1. The molecule has 5 nitrogen and oxygen atoms in total. The Bertz CT molecular complexity index is 218. The van der Waals surface area contributed by atoms with Gasteiger partial charge in [-0.1, -0.05) is 13.8 Å². The number of amides is 1. The Morgan fingerprint density at radius 1 is 1.41 bits per heavy atom. The average Bonchev–Trinajstić information content (AvgIpc) is 2.37. The van der Waals surface area contributed by atoms with E-state index in [1.54, 1.807) is 0 Å². The van der Waals surface area contributed by atoms with Crippen molar-refractivity contribution < 1.29 is 9.53 Å². The van der Waals surface area contributed by atoms with Gasteiger partial charge in [0.05, 0.1) is 13.2 Å². The summed E-state index contributed by atoms with van der Waals surface area (Å²) in [7, 11) is 0. The minimum Gasteiger partial charge on any atom is -0.379 e. The number of rotatable bonds is 7. The van der Waals surface area contributed by atoms with Gasteiger partial charge in [-0.05, 0) is 6.54 Å². The molecule has 0 saturated carbocycles. The van der Waals surface area contributed by atoms with Gasteiger partial charge in [-0.15, -0.1) is 0 Å². The van der Waals surface area contributed by atoms with Crippen molar-refractivity contribution in [2.24, 2.45) is 5.92 Å². The molecule has 1 fully saturated rings. The molecule has 1 aliphatic heterocycles. The molecule has 1 aliphatic rings. The number of morpholine rings is 1. The second-order valence-electron chi connectivity index (χ2n) is 4.45. The van der Waals surface area contributed by atoms with Crippen LogP contribution in [0.2, 0.25) is 0 Å². The monoisotopic (exact) mass is 243 g/mol. The third-order valence-electron chi connectivity index (χ3n) is 2.98. The Balaban J connectivity index is 2.06. The quantitative estimate of drug-likeness (QED) is 0.643. The molecular formula is C12H25N3O2. The average molecular weight is 243 g/mol. The second-order valence-corrected chi connectivity index (χ2v) is 4.45. The van der Waals surface area contributed by atoms with Crippen LogP contribution in [0.15, 0.2) is 0 Å². The molecule has 0 aliphatic carbocycles. The van der Waals surface area contributed by atoms with Gasteiger partial charge in [0, 0.05) is 38.6 Å². The lowest BCUT2D eigenvalue weighted by Crippen LogP contribution is -2.43. The van der Waals surface area contributed by atoms with Crippen LogP contribution < -0.4 is 10.6 Å². The van der Waals surface area contributed by atoms with Gasteiger partial charge in [-0.2, -0.15) is 0 Å². The van der Waals surface area contributed by atoms with E-state index in [1.807, 2.05) is 13.8 Å². The van der Waals surface area contributed by atoms with E-state index in [0.717, 1.165) is 52.5 Å².